The molecule has 0 radical (unpaired) electrons. The van der Waals surface area contributed by atoms with E-state index in [2.05, 4.69) is 5.32 Å². The zero-order valence-electron chi connectivity index (χ0n) is 14.7. The summed E-state index contributed by atoms with van der Waals surface area (Å²) in [7, 11) is 0. The highest BCUT2D eigenvalue weighted by Crippen LogP contribution is 2.34. The smallest absolute Gasteiger partial charge is 0.258 e. The van der Waals surface area contributed by atoms with Crippen LogP contribution in [0.4, 0.5) is 0 Å². The van der Waals surface area contributed by atoms with Crippen molar-refractivity contribution in [2.45, 2.75) is 57.2 Å². The highest BCUT2D eigenvalue weighted by molar-refractivity contribution is 6.06. The summed E-state index contributed by atoms with van der Waals surface area (Å²) in [5, 5.41) is 4.50. The van der Waals surface area contributed by atoms with Crippen LogP contribution in [0.3, 0.4) is 0 Å². The van der Waals surface area contributed by atoms with Crippen molar-refractivity contribution in [1.29, 1.82) is 0 Å². The fraction of sp³-hybridized carbons (Fsp3) is 0.500. The number of pyridine rings is 1. The molecule has 1 amide bonds. The molecule has 25 heavy (non-hydrogen) atoms. The van der Waals surface area contributed by atoms with Crippen LogP contribution < -0.4 is 10.9 Å². The van der Waals surface area contributed by atoms with Crippen molar-refractivity contribution in [3.63, 3.8) is 0 Å². The molecule has 1 atom stereocenters. The van der Waals surface area contributed by atoms with Gasteiger partial charge in [-0.15, -0.1) is 0 Å². The Labute approximate surface area is 147 Å². The third-order valence-electron chi connectivity index (χ3n) is 5.17. The second kappa shape index (κ2) is 5.99. The van der Waals surface area contributed by atoms with Crippen LogP contribution in [-0.4, -0.2) is 28.7 Å². The van der Waals surface area contributed by atoms with Gasteiger partial charge in [-0.2, -0.15) is 0 Å². The number of nitrogens with one attached hydrogen (secondary N) is 1. The van der Waals surface area contributed by atoms with Gasteiger partial charge in [0.2, 0.25) is 0 Å². The first-order chi connectivity index (χ1) is 11.9. The summed E-state index contributed by atoms with van der Waals surface area (Å²) in [6.45, 7) is 4.75. The molecule has 5 heteroatoms. The van der Waals surface area contributed by atoms with Gasteiger partial charge in [0.1, 0.15) is 0 Å². The number of rotatable bonds is 3. The van der Waals surface area contributed by atoms with Crippen LogP contribution in [0, 0.1) is 0 Å². The summed E-state index contributed by atoms with van der Waals surface area (Å²) in [5.41, 5.74) is 0.374. The molecular weight excluding hydrogens is 316 g/mol. The van der Waals surface area contributed by atoms with Crippen LogP contribution >= 0.6 is 0 Å². The average Bonchev–Trinajstić information content (AvgIpc) is 3.39. The quantitative estimate of drug-likeness (QED) is 0.934. The van der Waals surface area contributed by atoms with Crippen LogP contribution in [0.25, 0.3) is 10.8 Å². The Kier molecular flexibility index (Phi) is 3.91. The van der Waals surface area contributed by atoms with E-state index in [4.69, 9.17) is 4.74 Å². The van der Waals surface area contributed by atoms with E-state index in [0.717, 1.165) is 31.1 Å². The standard InChI is InChI=1S/C20H24N2O3/c1-20(2)11-13(9-10-25-20)21-18(23)17-12-22(14-7-8-14)19(24)16-6-4-3-5-15(16)17/h3-6,12-14H,7-11H2,1-2H3,(H,21,23). The number of ether oxygens (including phenoxy) is 1. The van der Waals surface area contributed by atoms with Crippen molar-refractivity contribution < 1.29 is 9.53 Å². The fourth-order valence-electron chi connectivity index (χ4n) is 3.73. The lowest BCUT2D eigenvalue weighted by Crippen LogP contribution is -2.46. The maximum atomic E-state index is 13.0. The summed E-state index contributed by atoms with van der Waals surface area (Å²) in [4.78, 5) is 25.7. The summed E-state index contributed by atoms with van der Waals surface area (Å²) in [6, 6.07) is 7.73. The van der Waals surface area contributed by atoms with Crippen molar-refractivity contribution >= 4 is 16.7 Å². The molecule has 1 unspecified atom stereocenters. The lowest BCUT2D eigenvalue weighted by Gasteiger charge is -2.35. The lowest BCUT2D eigenvalue weighted by atomic mass is 9.93. The summed E-state index contributed by atoms with van der Waals surface area (Å²) < 4.78 is 7.47. The van der Waals surface area contributed by atoms with E-state index in [9.17, 15) is 9.59 Å². The maximum absolute atomic E-state index is 13.0. The highest BCUT2D eigenvalue weighted by atomic mass is 16.5. The SMILES string of the molecule is CC1(C)CC(NC(=O)c2cn(C3CC3)c(=O)c3ccccc23)CCO1. The van der Waals surface area contributed by atoms with Crippen molar-refractivity contribution in [2.75, 3.05) is 6.61 Å². The number of hydrogen-bond acceptors (Lipinski definition) is 3. The Bertz CT molecular complexity index is 880. The van der Waals surface area contributed by atoms with Gasteiger partial charge in [0.25, 0.3) is 11.5 Å². The number of benzene rings is 1. The zero-order valence-corrected chi connectivity index (χ0v) is 14.7. The lowest BCUT2D eigenvalue weighted by molar-refractivity contribution is -0.0615. The molecular formula is C20H24N2O3. The van der Waals surface area contributed by atoms with Crippen molar-refractivity contribution in [3.8, 4) is 0 Å². The first kappa shape index (κ1) is 16.3. The monoisotopic (exact) mass is 340 g/mol. The molecule has 1 aromatic carbocycles. The summed E-state index contributed by atoms with van der Waals surface area (Å²) in [6.07, 6.45) is 5.37. The van der Waals surface area contributed by atoms with Crippen LogP contribution in [0.2, 0.25) is 0 Å². The van der Waals surface area contributed by atoms with Gasteiger partial charge in [-0.1, -0.05) is 18.2 Å². The third kappa shape index (κ3) is 3.21. The number of fused-ring (bicyclic) bond motifs is 1. The van der Waals surface area contributed by atoms with Gasteiger partial charge in [-0.25, -0.2) is 0 Å². The summed E-state index contributed by atoms with van der Waals surface area (Å²) in [5.74, 6) is -0.103. The highest BCUT2D eigenvalue weighted by Gasteiger charge is 2.31. The number of carbonyl (C=O) groups is 1. The normalized spacial score (nSPS) is 22.7. The predicted molar refractivity (Wildman–Crippen MR) is 97.0 cm³/mol. The number of hydrogen-bond donors (Lipinski definition) is 1. The predicted octanol–water partition coefficient (Wildman–Crippen LogP) is 3.02. The third-order valence-corrected chi connectivity index (χ3v) is 5.17. The minimum Gasteiger partial charge on any atom is -0.375 e. The van der Waals surface area contributed by atoms with Crippen molar-refractivity contribution in [1.82, 2.24) is 9.88 Å². The molecule has 1 saturated carbocycles. The molecule has 1 aliphatic carbocycles. The van der Waals surface area contributed by atoms with Gasteiger partial charge in [-0.05, 0) is 45.6 Å². The van der Waals surface area contributed by atoms with Crippen LogP contribution in [-0.2, 0) is 4.74 Å². The largest absolute Gasteiger partial charge is 0.375 e. The van der Waals surface area contributed by atoms with Gasteiger partial charge in [0.05, 0.1) is 11.2 Å². The van der Waals surface area contributed by atoms with Gasteiger partial charge < -0.3 is 14.6 Å². The van der Waals surface area contributed by atoms with E-state index in [1.54, 1.807) is 10.8 Å². The molecule has 4 rings (SSSR count). The molecule has 2 aliphatic rings. The molecule has 2 fully saturated rings. The number of aromatic nitrogens is 1. The van der Waals surface area contributed by atoms with E-state index in [0.29, 0.717) is 17.6 Å². The van der Waals surface area contributed by atoms with Crippen LogP contribution in [0.5, 0.6) is 0 Å². The van der Waals surface area contributed by atoms with Gasteiger partial charge >= 0.3 is 0 Å². The Morgan fingerprint density at radius 2 is 1.92 bits per heavy atom. The molecule has 0 spiro atoms. The van der Waals surface area contributed by atoms with Crippen molar-refractivity contribution in [2.24, 2.45) is 0 Å². The fourth-order valence-corrected chi connectivity index (χ4v) is 3.73. The van der Waals surface area contributed by atoms with Gasteiger partial charge in [-0.3, -0.25) is 9.59 Å². The average molecular weight is 340 g/mol. The molecule has 132 valence electrons. The number of carbonyl (C=O) groups excluding carboxylic acids is 1. The van der Waals surface area contributed by atoms with Gasteiger partial charge in [0, 0.05) is 35.7 Å². The maximum Gasteiger partial charge on any atom is 0.258 e. The zero-order chi connectivity index (χ0) is 17.6. The first-order valence-electron chi connectivity index (χ1n) is 9.03. The molecule has 2 heterocycles. The molecule has 5 nitrogen and oxygen atoms in total. The Morgan fingerprint density at radius 3 is 2.60 bits per heavy atom. The van der Waals surface area contributed by atoms with Crippen molar-refractivity contribution in [3.05, 3.63) is 46.4 Å². The van der Waals surface area contributed by atoms with E-state index in [1.807, 2.05) is 38.1 Å². The molecule has 1 aromatic heterocycles. The minimum atomic E-state index is -0.217. The number of nitrogens with zero attached hydrogens (tertiary/aromatic N) is 1. The first-order valence-corrected chi connectivity index (χ1v) is 9.03. The molecule has 1 aliphatic heterocycles. The second-order valence-corrected chi connectivity index (χ2v) is 7.80. The van der Waals surface area contributed by atoms with E-state index >= 15 is 0 Å². The molecule has 0 bridgehead atoms. The Balaban J connectivity index is 1.69. The molecule has 1 saturated heterocycles. The second-order valence-electron chi connectivity index (χ2n) is 7.80. The summed E-state index contributed by atoms with van der Waals surface area (Å²) >= 11 is 0. The minimum absolute atomic E-state index is 0.00171. The number of amides is 1. The Hall–Kier alpha value is -2.14. The van der Waals surface area contributed by atoms with E-state index in [-0.39, 0.29) is 29.2 Å². The van der Waals surface area contributed by atoms with Gasteiger partial charge in [0.15, 0.2) is 0 Å². The Morgan fingerprint density at radius 1 is 1.20 bits per heavy atom. The van der Waals surface area contributed by atoms with E-state index in [1.165, 1.54) is 0 Å². The topological polar surface area (TPSA) is 60.3 Å². The van der Waals surface area contributed by atoms with Crippen LogP contribution in [0.15, 0.2) is 35.3 Å². The van der Waals surface area contributed by atoms with Crippen LogP contribution in [0.1, 0.15) is 55.9 Å². The molecule has 2 aromatic rings. The molecule has 1 N–H and O–H groups in total. The van der Waals surface area contributed by atoms with E-state index < -0.39 is 0 Å².